The Morgan fingerprint density at radius 3 is 2.00 bits per heavy atom. The number of nitrogens with zero attached hydrogens (tertiary/aromatic N) is 1. The smallest absolute Gasteiger partial charge is 0.320 e. The molecule has 0 heterocycles. The lowest BCUT2D eigenvalue weighted by molar-refractivity contribution is -0.145. The minimum Gasteiger partial charge on any atom is -0.480 e. The number of nitrogens with two attached hydrogens (primary N) is 1. The van der Waals surface area contributed by atoms with Gasteiger partial charge in [-0.3, -0.25) is 9.69 Å². The van der Waals surface area contributed by atoms with Crippen molar-refractivity contribution in [1.29, 1.82) is 0 Å². The first kappa shape index (κ1) is 15.4. The van der Waals surface area contributed by atoms with E-state index in [9.17, 15) is 9.90 Å². The summed E-state index contributed by atoms with van der Waals surface area (Å²) in [6.45, 7) is 8.80. The van der Waals surface area contributed by atoms with Crippen molar-refractivity contribution in [3.8, 4) is 0 Å². The minimum atomic E-state index is -0.723. The first-order valence-electron chi connectivity index (χ1n) is 6.12. The Hall–Kier alpha value is -0.610. The molecule has 0 rings (SSSR count). The van der Waals surface area contributed by atoms with E-state index < -0.39 is 5.97 Å². The van der Waals surface area contributed by atoms with Gasteiger partial charge in [-0.2, -0.15) is 0 Å². The fourth-order valence-corrected chi connectivity index (χ4v) is 2.20. The van der Waals surface area contributed by atoms with E-state index in [4.69, 9.17) is 5.73 Å². The molecule has 0 aromatic rings. The van der Waals surface area contributed by atoms with Gasteiger partial charge in [-0.1, -0.05) is 6.42 Å². The summed E-state index contributed by atoms with van der Waals surface area (Å²) in [6.07, 6.45) is 2.46. The number of rotatable bonds is 8. The summed E-state index contributed by atoms with van der Waals surface area (Å²) < 4.78 is 0. The second kappa shape index (κ2) is 7.63. The summed E-state index contributed by atoms with van der Waals surface area (Å²) in [5.41, 5.74) is 5.43. The van der Waals surface area contributed by atoms with E-state index in [2.05, 4.69) is 4.90 Å². The van der Waals surface area contributed by atoms with Crippen LogP contribution in [0.2, 0.25) is 0 Å². The van der Waals surface area contributed by atoms with Crippen molar-refractivity contribution in [3.05, 3.63) is 0 Å². The van der Waals surface area contributed by atoms with Gasteiger partial charge in [0, 0.05) is 12.1 Å². The number of hydrogen-bond acceptors (Lipinski definition) is 3. The third kappa shape index (κ3) is 4.94. The molecule has 0 aromatic heterocycles. The van der Waals surface area contributed by atoms with Gasteiger partial charge in [0.25, 0.3) is 0 Å². The number of carbonyl (C=O) groups is 1. The molecular weight excluding hydrogens is 204 g/mol. The quantitative estimate of drug-likeness (QED) is 0.623. The van der Waals surface area contributed by atoms with E-state index in [0.29, 0.717) is 13.0 Å². The number of carboxylic acids is 1. The molecule has 0 aromatic carbocycles. The molecule has 96 valence electrons. The third-order valence-corrected chi connectivity index (χ3v) is 2.77. The minimum absolute atomic E-state index is 0.249. The van der Waals surface area contributed by atoms with Gasteiger partial charge in [-0.15, -0.1) is 0 Å². The summed E-state index contributed by atoms with van der Waals surface area (Å²) in [7, 11) is 0. The SMILES string of the molecule is CC(C)N(C(C)C)[C@@H](CCCCN)C(=O)O. The van der Waals surface area contributed by atoms with Crippen molar-refractivity contribution in [2.75, 3.05) is 6.54 Å². The van der Waals surface area contributed by atoms with E-state index in [-0.39, 0.29) is 18.1 Å². The van der Waals surface area contributed by atoms with Crippen molar-refractivity contribution in [2.45, 2.75) is 65.1 Å². The zero-order valence-electron chi connectivity index (χ0n) is 10.9. The summed E-state index contributed by atoms with van der Waals surface area (Å²) >= 11 is 0. The zero-order valence-corrected chi connectivity index (χ0v) is 10.9. The predicted octanol–water partition coefficient (Wildman–Crippen LogP) is 1.69. The van der Waals surface area contributed by atoms with Gasteiger partial charge in [-0.05, 0) is 47.1 Å². The standard InChI is InChI=1S/C12H26N2O2/c1-9(2)14(10(3)4)11(12(15)16)7-5-6-8-13/h9-11H,5-8,13H2,1-4H3,(H,15,16)/t11-/m0/s1. The van der Waals surface area contributed by atoms with Crippen LogP contribution in [0.4, 0.5) is 0 Å². The predicted molar refractivity (Wildman–Crippen MR) is 66.4 cm³/mol. The molecule has 0 unspecified atom stereocenters. The lowest BCUT2D eigenvalue weighted by Crippen LogP contribution is -2.49. The zero-order chi connectivity index (χ0) is 12.7. The maximum Gasteiger partial charge on any atom is 0.320 e. The highest BCUT2D eigenvalue weighted by molar-refractivity contribution is 5.73. The van der Waals surface area contributed by atoms with E-state index in [1.807, 2.05) is 27.7 Å². The molecule has 4 nitrogen and oxygen atoms in total. The Balaban J connectivity index is 4.52. The fourth-order valence-electron chi connectivity index (χ4n) is 2.20. The van der Waals surface area contributed by atoms with Crippen molar-refractivity contribution in [1.82, 2.24) is 4.90 Å². The summed E-state index contributed by atoms with van der Waals surface area (Å²) in [5.74, 6) is -0.723. The Morgan fingerprint density at radius 1 is 1.19 bits per heavy atom. The van der Waals surface area contributed by atoms with Crippen LogP contribution >= 0.6 is 0 Å². The Bertz CT molecular complexity index is 197. The molecule has 0 radical (unpaired) electrons. The molecule has 1 atom stereocenters. The maximum absolute atomic E-state index is 11.3. The van der Waals surface area contributed by atoms with Gasteiger partial charge < -0.3 is 10.8 Å². The van der Waals surface area contributed by atoms with Gasteiger partial charge in [0.15, 0.2) is 0 Å². The number of aliphatic carboxylic acids is 1. The van der Waals surface area contributed by atoms with E-state index in [1.54, 1.807) is 0 Å². The molecule has 4 heteroatoms. The second-order valence-corrected chi connectivity index (χ2v) is 4.77. The number of carboxylic acid groups (broad SMARTS) is 1. The number of unbranched alkanes of at least 4 members (excludes halogenated alkanes) is 1. The van der Waals surface area contributed by atoms with Crippen LogP contribution in [0.3, 0.4) is 0 Å². The van der Waals surface area contributed by atoms with E-state index in [0.717, 1.165) is 12.8 Å². The molecule has 0 aliphatic carbocycles. The number of hydrogen-bond donors (Lipinski definition) is 2. The Kier molecular flexibility index (Phi) is 7.34. The van der Waals surface area contributed by atoms with E-state index >= 15 is 0 Å². The Labute approximate surface area is 98.8 Å². The highest BCUT2D eigenvalue weighted by atomic mass is 16.4. The molecule has 0 aliphatic heterocycles. The van der Waals surface area contributed by atoms with Crippen molar-refractivity contribution in [3.63, 3.8) is 0 Å². The molecule has 0 fully saturated rings. The van der Waals surface area contributed by atoms with Crippen LogP contribution in [-0.4, -0.2) is 40.6 Å². The second-order valence-electron chi connectivity index (χ2n) is 4.77. The lowest BCUT2D eigenvalue weighted by Gasteiger charge is -2.35. The average molecular weight is 230 g/mol. The lowest BCUT2D eigenvalue weighted by atomic mass is 10.0. The molecule has 0 amide bonds. The maximum atomic E-state index is 11.3. The average Bonchev–Trinajstić information content (AvgIpc) is 2.14. The van der Waals surface area contributed by atoms with Crippen LogP contribution in [0.5, 0.6) is 0 Å². The van der Waals surface area contributed by atoms with Gasteiger partial charge in [0.05, 0.1) is 0 Å². The van der Waals surface area contributed by atoms with Gasteiger partial charge >= 0.3 is 5.97 Å². The molecular formula is C12H26N2O2. The van der Waals surface area contributed by atoms with Gasteiger partial charge in [-0.25, -0.2) is 0 Å². The van der Waals surface area contributed by atoms with Crippen LogP contribution in [0, 0.1) is 0 Å². The largest absolute Gasteiger partial charge is 0.480 e. The molecule has 0 aliphatic rings. The molecule has 0 bridgehead atoms. The summed E-state index contributed by atoms with van der Waals surface area (Å²) in [4.78, 5) is 13.3. The molecule has 0 spiro atoms. The van der Waals surface area contributed by atoms with Crippen LogP contribution in [-0.2, 0) is 4.79 Å². The van der Waals surface area contributed by atoms with Crippen molar-refractivity contribution >= 4 is 5.97 Å². The van der Waals surface area contributed by atoms with Gasteiger partial charge in [0.2, 0.25) is 0 Å². The highest BCUT2D eigenvalue weighted by Gasteiger charge is 2.28. The summed E-state index contributed by atoms with van der Waals surface area (Å²) in [6, 6.07) is 0.115. The molecule has 0 saturated carbocycles. The van der Waals surface area contributed by atoms with Crippen LogP contribution in [0.25, 0.3) is 0 Å². The molecule has 16 heavy (non-hydrogen) atoms. The van der Waals surface area contributed by atoms with Crippen LogP contribution in [0.15, 0.2) is 0 Å². The summed E-state index contributed by atoms with van der Waals surface area (Å²) in [5, 5.41) is 9.27. The normalized spacial score (nSPS) is 13.8. The van der Waals surface area contributed by atoms with Crippen LogP contribution < -0.4 is 5.73 Å². The van der Waals surface area contributed by atoms with E-state index in [1.165, 1.54) is 0 Å². The van der Waals surface area contributed by atoms with Crippen molar-refractivity contribution < 1.29 is 9.90 Å². The third-order valence-electron chi connectivity index (χ3n) is 2.77. The Morgan fingerprint density at radius 2 is 1.69 bits per heavy atom. The first-order valence-corrected chi connectivity index (χ1v) is 6.12. The van der Waals surface area contributed by atoms with Gasteiger partial charge in [0.1, 0.15) is 6.04 Å². The molecule has 3 N–H and O–H groups in total. The fraction of sp³-hybridized carbons (Fsp3) is 0.917. The highest BCUT2D eigenvalue weighted by Crippen LogP contribution is 2.16. The topological polar surface area (TPSA) is 66.6 Å². The first-order chi connectivity index (χ1) is 7.41. The van der Waals surface area contributed by atoms with Crippen LogP contribution in [0.1, 0.15) is 47.0 Å². The van der Waals surface area contributed by atoms with Crippen molar-refractivity contribution in [2.24, 2.45) is 5.73 Å². The monoisotopic (exact) mass is 230 g/mol. The molecule has 0 saturated heterocycles.